The number of piperazine rings is 1. The fourth-order valence-electron chi connectivity index (χ4n) is 10.5. The Morgan fingerprint density at radius 2 is 0.722 bits per heavy atom. The van der Waals surface area contributed by atoms with Gasteiger partial charge in [-0.1, -0.05) is 233 Å². The molecule has 1 heterocycles. The molecule has 1 saturated heterocycles. The monoisotopic (exact) mass is 1020 g/mol. The highest BCUT2D eigenvalue weighted by Gasteiger charge is 2.20. The highest BCUT2D eigenvalue weighted by atomic mass is 16.7. The maximum absolute atomic E-state index is 12.6. The van der Waals surface area contributed by atoms with E-state index in [0.717, 1.165) is 123 Å². The molecule has 0 saturated carbocycles. The molecule has 1 fully saturated rings. The molecule has 0 aromatic carbocycles. The van der Waals surface area contributed by atoms with E-state index >= 15 is 0 Å². The van der Waals surface area contributed by atoms with Crippen molar-refractivity contribution in [3.05, 3.63) is 0 Å². The van der Waals surface area contributed by atoms with Crippen molar-refractivity contribution in [2.75, 3.05) is 85.8 Å². The van der Waals surface area contributed by atoms with E-state index in [9.17, 15) is 14.7 Å². The van der Waals surface area contributed by atoms with Gasteiger partial charge in [-0.05, 0) is 83.3 Å². The summed E-state index contributed by atoms with van der Waals surface area (Å²) in [5, 5.41) is 11.2. The molecule has 0 aromatic heterocycles. The number of unbranched alkanes of at least 4 members (excludes halogenated alkanes) is 30. The number of carbonyl (C=O) groups is 2. The van der Waals surface area contributed by atoms with Crippen LogP contribution in [0.1, 0.15) is 285 Å². The molecule has 1 rings (SSSR count). The van der Waals surface area contributed by atoms with Gasteiger partial charge in [-0.15, -0.1) is 0 Å². The SMILES string of the molecule is CCCCCCCCCCC(CCCCCCCC)COC(=O)OCCCCCCN(CCCCCCOC(=O)OCC(CCCCCCCC)CCCCCCCCCC)CC(O)CN1CCN(C)CC1. The maximum Gasteiger partial charge on any atom is 0.508 e. The second-order valence-electron chi connectivity index (χ2n) is 22.6. The van der Waals surface area contributed by atoms with E-state index in [1.54, 1.807) is 0 Å². The Bertz CT molecular complexity index is 1070. The van der Waals surface area contributed by atoms with Gasteiger partial charge in [0.2, 0.25) is 0 Å². The molecule has 0 amide bonds. The van der Waals surface area contributed by atoms with E-state index in [2.05, 4.69) is 49.4 Å². The molecular formula is C62H123N3O7. The Balaban J connectivity index is 2.43. The lowest BCUT2D eigenvalue weighted by molar-refractivity contribution is 0.0398. The molecule has 1 aliphatic heterocycles. The minimum Gasteiger partial charge on any atom is -0.434 e. The summed E-state index contributed by atoms with van der Waals surface area (Å²) in [5.74, 6) is 0.876. The van der Waals surface area contributed by atoms with Crippen LogP contribution in [-0.2, 0) is 18.9 Å². The smallest absolute Gasteiger partial charge is 0.434 e. The van der Waals surface area contributed by atoms with Crippen LogP contribution >= 0.6 is 0 Å². The third kappa shape index (κ3) is 45.7. The van der Waals surface area contributed by atoms with Crippen LogP contribution in [0.15, 0.2) is 0 Å². The Morgan fingerprint density at radius 1 is 0.417 bits per heavy atom. The number of ether oxygens (including phenoxy) is 4. The first-order valence-corrected chi connectivity index (χ1v) is 31.7. The Morgan fingerprint density at radius 3 is 1.07 bits per heavy atom. The quantitative estimate of drug-likeness (QED) is 0.0468. The van der Waals surface area contributed by atoms with Gasteiger partial charge < -0.3 is 33.9 Å². The summed E-state index contributed by atoms with van der Waals surface area (Å²) in [6, 6.07) is 0. The van der Waals surface area contributed by atoms with Gasteiger partial charge in [0.1, 0.15) is 0 Å². The molecule has 72 heavy (non-hydrogen) atoms. The zero-order chi connectivity index (χ0) is 52.2. The van der Waals surface area contributed by atoms with Gasteiger partial charge in [-0.25, -0.2) is 9.59 Å². The van der Waals surface area contributed by atoms with Crippen LogP contribution in [0.25, 0.3) is 0 Å². The van der Waals surface area contributed by atoms with Crippen molar-refractivity contribution in [2.24, 2.45) is 11.8 Å². The predicted octanol–water partition coefficient (Wildman–Crippen LogP) is 17.1. The third-order valence-corrected chi connectivity index (χ3v) is 15.4. The molecule has 10 nitrogen and oxygen atoms in total. The molecule has 1 aliphatic rings. The minimum atomic E-state index is -0.502. The number of likely N-dealkylation sites (N-methyl/N-ethyl adjacent to an activating group) is 1. The number of carbonyl (C=O) groups excluding carboxylic acids is 2. The van der Waals surface area contributed by atoms with E-state index < -0.39 is 12.3 Å². The number of β-amino-alcohol motifs (C(OH)–C–C–N with tert-alkyl or cyclic N) is 1. The van der Waals surface area contributed by atoms with Gasteiger partial charge in [0.05, 0.1) is 32.5 Å². The summed E-state index contributed by atoms with van der Waals surface area (Å²) in [5.41, 5.74) is 0. The van der Waals surface area contributed by atoms with Crippen LogP contribution in [0.5, 0.6) is 0 Å². The minimum absolute atomic E-state index is 0.372. The second-order valence-corrected chi connectivity index (χ2v) is 22.6. The Hall–Kier alpha value is -1.62. The number of nitrogens with zero attached hydrogens (tertiary/aromatic N) is 3. The number of aliphatic hydroxyl groups excluding tert-OH is 1. The zero-order valence-electron chi connectivity index (χ0n) is 48.7. The predicted molar refractivity (Wildman–Crippen MR) is 305 cm³/mol. The first-order chi connectivity index (χ1) is 35.3. The molecule has 428 valence electrons. The lowest BCUT2D eigenvalue weighted by Gasteiger charge is -2.34. The van der Waals surface area contributed by atoms with Gasteiger partial charge in [0, 0.05) is 39.3 Å². The van der Waals surface area contributed by atoms with Crippen LogP contribution in [0, 0.1) is 11.8 Å². The van der Waals surface area contributed by atoms with E-state index in [4.69, 9.17) is 18.9 Å². The molecule has 0 spiro atoms. The van der Waals surface area contributed by atoms with E-state index in [1.807, 2.05) is 0 Å². The highest BCUT2D eigenvalue weighted by Crippen LogP contribution is 2.22. The van der Waals surface area contributed by atoms with Gasteiger partial charge in [-0.2, -0.15) is 0 Å². The third-order valence-electron chi connectivity index (χ3n) is 15.4. The van der Waals surface area contributed by atoms with Crippen LogP contribution < -0.4 is 0 Å². The second kappa shape index (κ2) is 52.8. The van der Waals surface area contributed by atoms with Crippen molar-refractivity contribution >= 4 is 12.3 Å². The molecule has 0 aromatic rings. The van der Waals surface area contributed by atoms with Crippen LogP contribution in [-0.4, -0.2) is 124 Å². The number of hydrogen-bond donors (Lipinski definition) is 1. The summed E-state index contributed by atoms with van der Waals surface area (Å²) < 4.78 is 22.5. The summed E-state index contributed by atoms with van der Waals surface area (Å²) in [4.78, 5) is 32.4. The van der Waals surface area contributed by atoms with Gasteiger partial charge >= 0.3 is 12.3 Å². The molecule has 3 unspecified atom stereocenters. The normalized spacial score (nSPS) is 14.7. The van der Waals surface area contributed by atoms with Crippen molar-refractivity contribution in [1.82, 2.24) is 14.7 Å². The van der Waals surface area contributed by atoms with Gasteiger partial charge in [0.15, 0.2) is 0 Å². The summed E-state index contributed by atoms with van der Waals surface area (Å²) in [7, 11) is 2.17. The standard InChI is InChI=1S/C62H123N3O7/c1-6-10-14-18-22-24-28-36-44-58(42-34-26-20-16-12-8-3)56-71-61(67)69-52-40-32-30-38-46-64(54-60(66)55-65-50-48-63(5)49-51-65)47-39-31-33-41-53-70-62(68)72-57-59(43-35-27-21-17-13-9-4)45-37-29-25-23-19-15-11-7-2/h58-60,66H,6-57H2,1-5H3. The van der Waals surface area contributed by atoms with Crippen molar-refractivity contribution in [1.29, 1.82) is 0 Å². The van der Waals surface area contributed by atoms with Gasteiger partial charge in [-0.3, -0.25) is 4.90 Å². The fourth-order valence-corrected chi connectivity index (χ4v) is 10.5. The molecule has 0 aliphatic carbocycles. The number of rotatable bonds is 54. The molecule has 10 heteroatoms. The Kier molecular flexibility index (Phi) is 50.2. The summed E-state index contributed by atoms with van der Waals surface area (Å²) in [6.45, 7) is 18.3. The molecule has 3 atom stereocenters. The summed E-state index contributed by atoms with van der Waals surface area (Å²) >= 11 is 0. The average Bonchev–Trinajstić information content (AvgIpc) is 3.37. The number of aliphatic hydroxyl groups is 1. The van der Waals surface area contributed by atoms with Gasteiger partial charge in [0.25, 0.3) is 0 Å². The largest absolute Gasteiger partial charge is 0.508 e. The van der Waals surface area contributed by atoms with Crippen molar-refractivity contribution in [3.63, 3.8) is 0 Å². The number of hydrogen-bond acceptors (Lipinski definition) is 10. The van der Waals surface area contributed by atoms with Crippen molar-refractivity contribution in [3.8, 4) is 0 Å². The topological polar surface area (TPSA) is 101 Å². The molecule has 0 bridgehead atoms. The van der Waals surface area contributed by atoms with Crippen molar-refractivity contribution < 1.29 is 33.6 Å². The first kappa shape index (κ1) is 68.4. The van der Waals surface area contributed by atoms with Crippen LogP contribution in [0.2, 0.25) is 0 Å². The fraction of sp³-hybridized carbons (Fsp3) is 0.968. The molecule has 0 radical (unpaired) electrons. The zero-order valence-corrected chi connectivity index (χ0v) is 48.7. The van der Waals surface area contributed by atoms with E-state index in [1.165, 1.54) is 180 Å². The molecular weight excluding hydrogens is 899 g/mol. The maximum atomic E-state index is 12.6. The first-order valence-electron chi connectivity index (χ1n) is 31.7. The highest BCUT2D eigenvalue weighted by molar-refractivity contribution is 5.60. The lowest BCUT2D eigenvalue weighted by atomic mass is 9.94. The summed E-state index contributed by atoms with van der Waals surface area (Å²) in [6.07, 6.45) is 47.8. The molecule has 1 N–H and O–H groups in total. The lowest BCUT2D eigenvalue weighted by Crippen LogP contribution is -2.49. The van der Waals surface area contributed by atoms with E-state index in [-0.39, 0.29) is 6.10 Å². The van der Waals surface area contributed by atoms with E-state index in [0.29, 0.717) is 44.8 Å². The average molecular weight is 1020 g/mol. The van der Waals surface area contributed by atoms with Crippen LogP contribution in [0.3, 0.4) is 0 Å². The Labute approximate surface area is 447 Å². The van der Waals surface area contributed by atoms with Crippen LogP contribution in [0.4, 0.5) is 9.59 Å². The van der Waals surface area contributed by atoms with Crippen molar-refractivity contribution in [2.45, 2.75) is 291 Å².